The molecule has 0 radical (unpaired) electrons. The van der Waals surface area contributed by atoms with Gasteiger partial charge in [-0.2, -0.15) is 0 Å². The molecule has 0 aliphatic rings. The van der Waals surface area contributed by atoms with E-state index in [1.54, 1.807) is 0 Å². The maximum absolute atomic E-state index is 9.65. The lowest BCUT2D eigenvalue weighted by atomic mass is 10.2. The first-order valence-corrected chi connectivity index (χ1v) is 6.01. The van der Waals surface area contributed by atoms with Crippen molar-refractivity contribution in [3.63, 3.8) is 0 Å². The van der Waals surface area contributed by atoms with Gasteiger partial charge in [-0.05, 0) is 40.5 Å². The van der Waals surface area contributed by atoms with Crippen LogP contribution in [0.1, 0.15) is 40.5 Å². The molecular formula is C12H27NO3. The van der Waals surface area contributed by atoms with E-state index in [-0.39, 0.29) is 12.2 Å². The number of rotatable bonds is 8. The van der Waals surface area contributed by atoms with Gasteiger partial charge < -0.3 is 20.3 Å². The van der Waals surface area contributed by atoms with Crippen LogP contribution in [0.2, 0.25) is 0 Å². The zero-order chi connectivity index (χ0) is 12.6. The van der Waals surface area contributed by atoms with Gasteiger partial charge >= 0.3 is 0 Å². The van der Waals surface area contributed by atoms with Crippen molar-refractivity contribution in [3.05, 3.63) is 0 Å². The number of hydrogen-bond acceptors (Lipinski definition) is 4. The molecule has 0 aromatic carbocycles. The average molecular weight is 233 g/mol. The van der Waals surface area contributed by atoms with Crippen LogP contribution < -0.4 is 5.32 Å². The second kappa shape index (κ2) is 8.01. The van der Waals surface area contributed by atoms with E-state index in [1.165, 1.54) is 0 Å². The summed E-state index contributed by atoms with van der Waals surface area (Å²) in [4.78, 5) is 0. The first-order valence-electron chi connectivity index (χ1n) is 6.01. The van der Waals surface area contributed by atoms with Crippen molar-refractivity contribution in [2.24, 2.45) is 0 Å². The van der Waals surface area contributed by atoms with E-state index in [0.717, 1.165) is 12.8 Å². The Kier molecular flexibility index (Phi) is 7.93. The number of nitrogens with one attached hydrogen (secondary N) is 1. The number of hydrogen-bond donors (Lipinski definition) is 3. The summed E-state index contributed by atoms with van der Waals surface area (Å²) in [7, 11) is 0. The summed E-state index contributed by atoms with van der Waals surface area (Å²) in [6.45, 7) is 9.06. The van der Waals surface area contributed by atoms with Gasteiger partial charge in [0.15, 0.2) is 0 Å². The lowest BCUT2D eigenvalue weighted by molar-refractivity contribution is -0.0483. The van der Waals surface area contributed by atoms with E-state index >= 15 is 0 Å². The molecule has 0 saturated heterocycles. The van der Waals surface area contributed by atoms with E-state index in [0.29, 0.717) is 19.2 Å². The molecule has 0 saturated carbocycles. The highest BCUT2D eigenvalue weighted by Gasteiger charge is 2.13. The normalized spacial score (nSPS) is 16.1. The number of aliphatic hydroxyl groups excluding tert-OH is 2. The Bertz CT molecular complexity index is 168. The number of aliphatic hydroxyl groups is 2. The molecule has 4 heteroatoms. The Labute approximate surface area is 99.0 Å². The van der Waals surface area contributed by atoms with Crippen molar-refractivity contribution in [3.8, 4) is 0 Å². The van der Waals surface area contributed by atoms with E-state index in [4.69, 9.17) is 9.84 Å². The Balaban J connectivity index is 3.53. The van der Waals surface area contributed by atoms with Gasteiger partial charge in [-0.15, -0.1) is 0 Å². The monoisotopic (exact) mass is 233 g/mol. The van der Waals surface area contributed by atoms with Gasteiger partial charge in [0.1, 0.15) is 0 Å². The highest BCUT2D eigenvalue weighted by atomic mass is 16.5. The van der Waals surface area contributed by atoms with Gasteiger partial charge in [0.05, 0.1) is 18.3 Å². The van der Waals surface area contributed by atoms with Crippen LogP contribution in [0.5, 0.6) is 0 Å². The van der Waals surface area contributed by atoms with E-state index < -0.39 is 6.10 Å². The minimum absolute atomic E-state index is 0.205. The highest BCUT2D eigenvalue weighted by Crippen LogP contribution is 2.06. The SMILES string of the molecule is CC(CCCO)NCC(O)COC(C)(C)C. The third-order valence-electron chi connectivity index (χ3n) is 2.21. The maximum Gasteiger partial charge on any atom is 0.0898 e. The molecule has 0 fully saturated rings. The molecule has 0 amide bonds. The second-order valence-corrected chi connectivity index (χ2v) is 5.25. The third kappa shape index (κ3) is 10.4. The fraction of sp³-hybridized carbons (Fsp3) is 1.00. The minimum Gasteiger partial charge on any atom is -0.396 e. The molecule has 0 spiro atoms. The fourth-order valence-corrected chi connectivity index (χ4v) is 1.24. The average Bonchev–Trinajstić information content (AvgIpc) is 2.19. The largest absolute Gasteiger partial charge is 0.396 e. The second-order valence-electron chi connectivity index (χ2n) is 5.25. The van der Waals surface area contributed by atoms with Crippen molar-refractivity contribution < 1.29 is 14.9 Å². The molecule has 16 heavy (non-hydrogen) atoms. The van der Waals surface area contributed by atoms with Crippen LogP contribution in [0.15, 0.2) is 0 Å². The summed E-state index contributed by atoms with van der Waals surface area (Å²) in [5.74, 6) is 0. The smallest absolute Gasteiger partial charge is 0.0898 e. The predicted molar refractivity (Wildman–Crippen MR) is 65.5 cm³/mol. The molecule has 0 aromatic heterocycles. The summed E-state index contributed by atoms with van der Waals surface area (Å²) in [6, 6.07) is 0.316. The molecule has 3 N–H and O–H groups in total. The van der Waals surface area contributed by atoms with E-state index in [2.05, 4.69) is 5.32 Å². The molecule has 98 valence electrons. The van der Waals surface area contributed by atoms with Crippen LogP contribution in [0.25, 0.3) is 0 Å². The zero-order valence-corrected chi connectivity index (χ0v) is 11.0. The van der Waals surface area contributed by atoms with Crippen LogP contribution >= 0.6 is 0 Å². The van der Waals surface area contributed by atoms with Crippen molar-refractivity contribution in [1.29, 1.82) is 0 Å². The molecule has 0 heterocycles. The summed E-state index contributed by atoms with van der Waals surface area (Å²) in [6.07, 6.45) is 1.24. The van der Waals surface area contributed by atoms with Gasteiger partial charge in [0.2, 0.25) is 0 Å². The minimum atomic E-state index is -0.476. The summed E-state index contributed by atoms with van der Waals surface area (Å²) in [5, 5.41) is 21.5. The maximum atomic E-state index is 9.65. The van der Waals surface area contributed by atoms with Gasteiger partial charge in [0.25, 0.3) is 0 Å². The molecule has 0 aliphatic carbocycles. The molecule has 4 nitrogen and oxygen atoms in total. The summed E-state index contributed by atoms with van der Waals surface area (Å²) < 4.78 is 5.47. The molecular weight excluding hydrogens is 206 g/mol. The fourth-order valence-electron chi connectivity index (χ4n) is 1.24. The molecule has 0 aliphatic heterocycles. The molecule has 0 rings (SSSR count). The Morgan fingerprint density at radius 3 is 2.44 bits per heavy atom. The van der Waals surface area contributed by atoms with Gasteiger partial charge in [-0.25, -0.2) is 0 Å². The van der Waals surface area contributed by atoms with Crippen LogP contribution in [0.3, 0.4) is 0 Å². The topological polar surface area (TPSA) is 61.7 Å². The third-order valence-corrected chi connectivity index (χ3v) is 2.21. The quantitative estimate of drug-likeness (QED) is 0.583. The predicted octanol–water partition coefficient (Wildman–Crippen LogP) is 0.913. The van der Waals surface area contributed by atoms with E-state index in [9.17, 15) is 5.11 Å². The first-order chi connectivity index (χ1) is 7.35. The Morgan fingerprint density at radius 2 is 1.94 bits per heavy atom. The van der Waals surface area contributed by atoms with Gasteiger partial charge in [0, 0.05) is 19.2 Å². The van der Waals surface area contributed by atoms with Crippen LogP contribution in [0.4, 0.5) is 0 Å². The zero-order valence-electron chi connectivity index (χ0n) is 11.0. The molecule has 0 aromatic rings. The summed E-state index contributed by atoms with van der Waals surface area (Å²) >= 11 is 0. The van der Waals surface area contributed by atoms with Crippen molar-refractivity contribution in [2.45, 2.75) is 58.3 Å². The van der Waals surface area contributed by atoms with Crippen LogP contribution in [0, 0.1) is 0 Å². The molecule has 2 unspecified atom stereocenters. The van der Waals surface area contributed by atoms with Gasteiger partial charge in [-0.3, -0.25) is 0 Å². The lowest BCUT2D eigenvalue weighted by Crippen LogP contribution is -2.37. The highest BCUT2D eigenvalue weighted by molar-refractivity contribution is 4.67. The standard InChI is InChI=1S/C12H27NO3/c1-10(6-5-7-14)13-8-11(15)9-16-12(2,3)4/h10-11,13-15H,5-9H2,1-4H3. The number of ether oxygens (including phenoxy) is 1. The first kappa shape index (κ1) is 15.8. The summed E-state index contributed by atoms with van der Waals surface area (Å²) in [5.41, 5.74) is -0.205. The van der Waals surface area contributed by atoms with Crippen molar-refractivity contribution in [2.75, 3.05) is 19.8 Å². The van der Waals surface area contributed by atoms with Crippen LogP contribution in [-0.4, -0.2) is 47.7 Å². The molecule has 0 bridgehead atoms. The van der Waals surface area contributed by atoms with Crippen molar-refractivity contribution >= 4 is 0 Å². The molecule has 2 atom stereocenters. The van der Waals surface area contributed by atoms with Crippen LogP contribution in [-0.2, 0) is 4.74 Å². The van der Waals surface area contributed by atoms with E-state index in [1.807, 2.05) is 27.7 Å². The van der Waals surface area contributed by atoms with Gasteiger partial charge in [-0.1, -0.05) is 0 Å². The Hall–Kier alpha value is -0.160. The lowest BCUT2D eigenvalue weighted by Gasteiger charge is -2.23. The van der Waals surface area contributed by atoms with Crippen molar-refractivity contribution in [1.82, 2.24) is 5.32 Å². The Morgan fingerprint density at radius 1 is 1.31 bits per heavy atom.